The topological polar surface area (TPSA) is 67.9 Å². The highest BCUT2D eigenvalue weighted by molar-refractivity contribution is 6.35. The summed E-state index contributed by atoms with van der Waals surface area (Å²) >= 11 is 18.5. The average molecular weight is 456 g/mol. The zero-order valence-corrected chi connectivity index (χ0v) is 17.9. The van der Waals surface area contributed by atoms with Gasteiger partial charge in [-0.1, -0.05) is 40.9 Å². The highest BCUT2D eigenvalue weighted by Crippen LogP contribution is 2.38. The molecule has 1 N–H and O–H groups in total. The molecule has 0 bridgehead atoms. The summed E-state index contributed by atoms with van der Waals surface area (Å²) < 4.78 is 11.2. The van der Waals surface area contributed by atoms with E-state index in [-0.39, 0.29) is 23.9 Å². The van der Waals surface area contributed by atoms with Gasteiger partial charge >= 0.3 is 6.03 Å². The summed E-state index contributed by atoms with van der Waals surface area (Å²) in [5, 5.41) is 3.83. The summed E-state index contributed by atoms with van der Waals surface area (Å²) in [5.74, 6) is 0.308. The van der Waals surface area contributed by atoms with Crippen LogP contribution in [0.25, 0.3) is 6.08 Å². The molecule has 152 valence electrons. The molecule has 1 saturated heterocycles. The van der Waals surface area contributed by atoms with Gasteiger partial charge in [0.25, 0.3) is 5.91 Å². The third kappa shape index (κ3) is 4.61. The molecule has 0 spiro atoms. The number of carbonyl (C=O) groups is 2. The molecule has 1 heterocycles. The van der Waals surface area contributed by atoms with Crippen LogP contribution in [-0.4, -0.2) is 30.5 Å². The zero-order valence-electron chi connectivity index (χ0n) is 15.6. The highest BCUT2D eigenvalue weighted by atomic mass is 35.5. The first kappa shape index (κ1) is 21.3. The lowest BCUT2D eigenvalue weighted by molar-refractivity contribution is -0.122. The minimum Gasteiger partial charge on any atom is -0.493 e. The van der Waals surface area contributed by atoms with Crippen molar-refractivity contribution in [2.45, 2.75) is 13.5 Å². The molecular formula is C20H17Cl3N2O4. The summed E-state index contributed by atoms with van der Waals surface area (Å²) in [7, 11) is 1.48. The van der Waals surface area contributed by atoms with E-state index < -0.39 is 11.9 Å². The Labute approximate surface area is 182 Å². The average Bonchev–Trinajstić information content (AvgIpc) is 2.94. The van der Waals surface area contributed by atoms with Crippen molar-refractivity contribution < 1.29 is 19.1 Å². The number of likely N-dealkylation sites (N-methyl/N-ethyl adjacent to an activating group) is 1. The number of amides is 3. The second kappa shape index (κ2) is 8.95. The molecule has 3 rings (SSSR count). The molecule has 0 atom stereocenters. The van der Waals surface area contributed by atoms with Crippen LogP contribution in [-0.2, 0) is 11.4 Å². The molecule has 2 aromatic carbocycles. The first-order valence-electron chi connectivity index (χ1n) is 8.62. The van der Waals surface area contributed by atoms with Gasteiger partial charge in [-0.15, -0.1) is 0 Å². The van der Waals surface area contributed by atoms with Gasteiger partial charge in [0.15, 0.2) is 11.5 Å². The van der Waals surface area contributed by atoms with Gasteiger partial charge in [0.1, 0.15) is 12.3 Å². The maximum absolute atomic E-state index is 12.2. The minimum atomic E-state index is -0.457. The third-order valence-corrected chi connectivity index (χ3v) is 5.10. The van der Waals surface area contributed by atoms with E-state index in [9.17, 15) is 9.59 Å². The summed E-state index contributed by atoms with van der Waals surface area (Å²) in [6.45, 7) is 2.16. The molecule has 9 heteroatoms. The summed E-state index contributed by atoms with van der Waals surface area (Å²) in [6.07, 6.45) is 1.53. The lowest BCUT2D eigenvalue weighted by Gasteiger charge is -2.14. The lowest BCUT2D eigenvalue weighted by Crippen LogP contribution is -2.30. The monoisotopic (exact) mass is 454 g/mol. The summed E-state index contributed by atoms with van der Waals surface area (Å²) in [4.78, 5) is 25.1. The van der Waals surface area contributed by atoms with Gasteiger partial charge in [0.05, 0.1) is 12.1 Å². The van der Waals surface area contributed by atoms with Crippen molar-refractivity contribution in [3.8, 4) is 11.5 Å². The maximum Gasteiger partial charge on any atom is 0.328 e. The first-order chi connectivity index (χ1) is 13.8. The van der Waals surface area contributed by atoms with Crippen LogP contribution in [0.5, 0.6) is 11.5 Å². The lowest BCUT2D eigenvalue weighted by atomic mass is 10.1. The van der Waals surface area contributed by atoms with Crippen molar-refractivity contribution in [2.75, 3.05) is 13.7 Å². The highest BCUT2D eigenvalue weighted by Gasteiger charge is 2.32. The van der Waals surface area contributed by atoms with E-state index >= 15 is 0 Å². The number of imide groups is 1. The number of hydrogen-bond acceptors (Lipinski definition) is 4. The molecule has 2 aromatic rings. The van der Waals surface area contributed by atoms with Crippen LogP contribution in [0.4, 0.5) is 4.79 Å². The normalized spacial score (nSPS) is 15.1. The molecule has 1 fully saturated rings. The van der Waals surface area contributed by atoms with Gasteiger partial charge in [0.2, 0.25) is 0 Å². The second-order valence-electron chi connectivity index (χ2n) is 6.10. The summed E-state index contributed by atoms with van der Waals surface area (Å²) in [5.41, 5.74) is 1.47. The van der Waals surface area contributed by atoms with Crippen molar-refractivity contribution in [3.05, 3.63) is 62.2 Å². The Hall–Kier alpha value is -2.41. The Balaban J connectivity index is 1.85. The largest absolute Gasteiger partial charge is 0.493 e. The van der Waals surface area contributed by atoms with E-state index in [1.807, 2.05) is 0 Å². The van der Waals surface area contributed by atoms with E-state index in [1.54, 1.807) is 37.3 Å². The number of urea groups is 1. The number of hydrogen-bond donors (Lipinski definition) is 1. The Morgan fingerprint density at radius 3 is 2.48 bits per heavy atom. The van der Waals surface area contributed by atoms with Crippen LogP contribution < -0.4 is 14.8 Å². The predicted molar refractivity (Wildman–Crippen MR) is 113 cm³/mol. The standard InChI is InChI=1S/C20H17Cl3N2O4/c1-3-25-19(26)16(24-20(25)27)7-11-6-15(23)18(17(8-11)28-2)29-10-12-4-5-13(21)9-14(12)22/h4-9H,3,10H2,1-2H3,(H,24,27)/b16-7+. The number of ether oxygens (including phenoxy) is 2. The van der Waals surface area contributed by atoms with Gasteiger partial charge in [-0.2, -0.15) is 0 Å². The Morgan fingerprint density at radius 2 is 1.86 bits per heavy atom. The molecule has 6 nitrogen and oxygen atoms in total. The number of nitrogens with one attached hydrogen (secondary N) is 1. The van der Waals surface area contributed by atoms with Gasteiger partial charge in [0, 0.05) is 22.2 Å². The van der Waals surface area contributed by atoms with Gasteiger partial charge in [-0.3, -0.25) is 9.69 Å². The predicted octanol–water partition coefficient (Wildman–Crippen LogP) is 5.15. The van der Waals surface area contributed by atoms with Crippen molar-refractivity contribution in [3.63, 3.8) is 0 Å². The fourth-order valence-corrected chi connectivity index (χ4v) is 3.51. The van der Waals surface area contributed by atoms with Crippen LogP contribution in [0.2, 0.25) is 15.1 Å². The quantitative estimate of drug-likeness (QED) is 0.483. The van der Waals surface area contributed by atoms with Gasteiger partial charge < -0.3 is 14.8 Å². The molecular weight excluding hydrogens is 439 g/mol. The Morgan fingerprint density at radius 1 is 1.10 bits per heavy atom. The van der Waals surface area contributed by atoms with Crippen molar-refractivity contribution in [2.24, 2.45) is 0 Å². The molecule has 3 amide bonds. The van der Waals surface area contributed by atoms with E-state index in [4.69, 9.17) is 44.3 Å². The molecule has 0 aromatic heterocycles. The number of rotatable bonds is 6. The SMILES string of the molecule is CCN1C(=O)N/C(=C/c2cc(Cl)c(OCc3ccc(Cl)cc3Cl)c(OC)c2)C1=O. The van der Waals surface area contributed by atoms with Crippen molar-refractivity contribution >= 4 is 52.8 Å². The Bertz CT molecular complexity index is 1010. The van der Waals surface area contributed by atoms with Crippen LogP contribution in [0.1, 0.15) is 18.1 Å². The molecule has 0 aliphatic carbocycles. The fraction of sp³-hybridized carbons (Fsp3) is 0.200. The van der Waals surface area contributed by atoms with E-state index in [2.05, 4.69) is 5.32 Å². The van der Waals surface area contributed by atoms with Crippen molar-refractivity contribution in [1.29, 1.82) is 0 Å². The Kier molecular flexibility index (Phi) is 6.57. The van der Waals surface area contributed by atoms with Gasteiger partial charge in [-0.25, -0.2) is 4.79 Å². The smallest absolute Gasteiger partial charge is 0.328 e. The van der Waals surface area contributed by atoms with Crippen molar-refractivity contribution in [1.82, 2.24) is 10.2 Å². The molecule has 1 aliphatic rings. The van der Waals surface area contributed by atoms with Crippen LogP contribution >= 0.6 is 34.8 Å². The zero-order chi connectivity index (χ0) is 21.1. The fourth-order valence-electron chi connectivity index (χ4n) is 2.78. The summed E-state index contributed by atoms with van der Waals surface area (Å²) in [6, 6.07) is 7.92. The van der Waals surface area contributed by atoms with E-state index in [1.165, 1.54) is 13.2 Å². The number of halogens is 3. The van der Waals surface area contributed by atoms with Crippen LogP contribution in [0, 0.1) is 0 Å². The maximum atomic E-state index is 12.2. The van der Waals surface area contributed by atoms with Crippen LogP contribution in [0.15, 0.2) is 36.0 Å². The van der Waals surface area contributed by atoms with Gasteiger partial charge in [-0.05, 0) is 42.8 Å². The molecule has 0 saturated carbocycles. The number of methoxy groups -OCH3 is 1. The second-order valence-corrected chi connectivity index (χ2v) is 7.35. The first-order valence-corrected chi connectivity index (χ1v) is 9.76. The number of carbonyl (C=O) groups excluding carboxylic acids is 2. The number of benzene rings is 2. The minimum absolute atomic E-state index is 0.159. The molecule has 0 unspecified atom stereocenters. The number of nitrogens with zero attached hydrogens (tertiary/aromatic N) is 1. The van der Waals surface area contributed by atoms with Crippen LogP contribution in [0.3, 0.4) is 0 Å². The van der Waals surface area contributed by atoms with E-state index in [0.717, 1.165) is 10.5 Å². The molecule has 0 radical (unpaired) electrons. The molecule has 1 aliphatic heterocycles. The molecule has 29 heavy (non-hydrogen) atoms. The third-order valence-electron chi connectivity index (χ3n) is 4.23. The van der Waals surface area contributed by atoms with E-state index in [0.29, 0.717) is 27.1 Å².